The van der Waals surface area contributed by atoms with E-state index in [1.165, 1.54) is 0 Å². The minimum absolute atomic E-state index is 0.189. The Morgan fingerprint density at radius 2 is 1.25 bits per heavy atom. The van der Waals surface area contributed by atoms with Crippen molar-refractivity contribution < 1.29 is 0 Å². The van der Waals surface area contributed by atoms with Gasteiger partial charge >= 0.3 is 0 Å². The van der Waals surface area contributed by atoms with Crippen LogP contribution in [0.15, 0.2) is 24.3 Å². The van der Waals surface area contributed by atoms with Crippen LogP contribution in [-0.2, 0) is 0 Å². The molecular formula is C8H8Cl2N2. The van der Waals surface area contributed by atoms with Crippen LogP contribution in [0.5, 0.6) is 0 Å². The summed E-state index contributed by atoms with van der Waals surface area (Å²) < 4.78 is 0. The van der Waals surface area contributed by atoms with Crippen LogP contribution < -0.4 is 21.9 Å². The number of benzene rings is 1. The fourth-order valence-electron chi connectivity index (χ4n) is 0.900. The SMILES string of the molecule is N/C(Cl)=c1/cccc/c1=C(/N)Cl. The van der Waals surface area contributed by atoms with Gasteiger partial charge in [-0.3, -0.25) is 0 Å². The van der Waals surface area contributed by atoms with Crippen LogP contribution in [-0.4, -0.2) is 0 Å². The molecule has 2 nitrogen and oxygen atoms in total. The summed E-state index contributed by atoms with van der Waals surface area (Å²) in [5.74, 6) is 0. The lowest BCUT2D eigenvalue weighted by Crippen LogP contribution is -2.30. The molecule has 0 saturated heterocycles. The lowest BCUT2D eigenvalue weighted by atomic mass is 10.2. The summed E-state index contributed by atoms with van der Waals surface area (Å²) in [4.78, 5) is 0. The van der Waals surface area contributed by atoms with Gasteiger partial charge in [0.2, 0.25) is 0 Å². The second-order valence-electron chi connectivity index (χ2n) is 2.24. The van der Waals surface area contributed by atoms with Crippen molar-refractivity contribution in [1.29, 1.82) is 0 Å². The second kappa shape index (κ2) is 3.70. The minimum atomic E-state index is 0.189. The van der Waals surface area contributed by atoms with E-state index in [1.807, 2.05) is 12.1 Å². The first kappa shape index (κ1) is 9.23. The molecule has 0 amide bonds. The average molecular weight is 203 g/mol. The molecule has 0 saturated carbocycles. The molecule has 0 fully saturated rings. The van der Waals surface area contributed by atoms with E-state index in [0.717, 1.165) is 0 Å². The maximum absolute atomic E-state index is 5.62. The molecule has 1 rings (SSSR count). The van der Waals surface area contributed by atoms with Crippen molar-refractivity contribution in [3.63, 3.8) is 0 Å². The van der Waals surface area contributed by atoms with Crippen LogP contribution in [0.25, 0.3) is 10.3 Å². The molecule has 0 spiro atoms. The van der Waals surface area contributed by atoms with Gasteiger partial charge in [0, 0.05) is 10.4 Å². The van der Waals surface area contributed by atoms with E-state index in [-0.39, 0.29) is 10.3 Å². The van der Waals surface area contributed by atoms with Crippen LogP contribution in [0.1, 0.15) is 0 Å². The van der Waals surface area contributed by atoms with Crippen LogP contribution in [0.3, 0.4) is 0 Å². The molecule has 0 radical (unpaired) electrons. The monoisotopic (exact) mass is 202 g/mol. The minimum Gasteiger partial charge on any atom is -0.389 e. The fourth-order valence-corrected chi connectivity index (χ4v) is 1.23. The van der Waals surface area contributed by atoms with Crippen molar-refractivity contribution in [1.82, 2.24) is 0 Å². The zero-order valence-electron chi connectivity index (χ0n) is 6.22. The quantitative estimate of drug-likeness (QED) is 0.592. The molecule has 0 aromatic heterocycles. The van der Waals surface area contributed by atoms with Gasteiger partial charge in [-0.05, 0) is 0 Å². The van der Waals surface area contributed by atoms with E-state index < -0.39 is 0 Å². The van der Waals surface area contributed by atoms with Gasteiger partial charge in [-0.15, -0.1) is 0 Å². The average Bonchev–Trinajstić information content (AvgIpc) is 2.04. The summed E-state index contributed by atoms with van der Waals surface area (Å²) in [5, 5.41) is 1.70. The number of halogens is 2. The van der Waals surface area contributed by atoms with Gasteiger partial charge in [0.25, 0.3) is 0 Å². The van der Waals surface area contributed by atoms with Crippen molar-refractivity contribution >= 4 is 33.5 Å². The molecule has 0 heterocycles. The maximum atomic E-state index is 5.62. The Morgan fingerprint density at radius 1 is 0.917 bits per heavy atom. The molecule has 0 aliphatic heterocycles. The van der Waals surface area contributed by atoms with E-state index in [0.29, 0.717) is 10.4 Å². The Kier molecular flexibility index (Phi) is 2.84. The zero-order chi connectivity index (χ0) is 9.14. The normalized spacial score (nSPS) is 15.5. The first-order valence-electron chi connectivity index (χ1n) is 3.28. The Morgan fingerprint density at radius 3 is 1.50 bits per heavy atom. The third kappa shape index (κ3) is 1.84. The molecule has 4 heteroatoms. The van der Waals surface area contributed by atoms with E-state index in [9.17, 15) is 0 Å². The lowest BCUT2D eigenvalue weighted by molar-refractivity contribution is 1.45. The van der Waals surface area contributed by atoms with Crippen molar-refractivity contribution in [2.75, 3.05) is 0 Å². The van der Waals surface area contributed by atoms with E-state index in [1.54, 1.807) is 12.1 Å². The van der Waals surface area contributed by atoms with Crippen molar-refractivity contribution in [2.45, 2.75) is 0 Å². The van der Waals surface area contributed by atoms with Crippen LogP contribution in [0.4, 0.5) is 0 Å². The smallest absolute Gasteiger partial charge is 0.107 e. The molecule has 0 aliphatic rings. The third-order valence-electron chi connectivity index (χ3n) is 1.44. The van der Waals surface area contributed by atoms with Gasteiger partial charge in [-0.25, -0.2) is 0 Å². The van der Waals surface area contributed by atoms with Crippen molar-refractivity contribution in [3.05, 3.63) is 34.7 Å². The van der Waals surface area contributed by atoms with Crippen molar-refractivity contribution in [2.24, 2.45) is 11.5 Å². The predicted molar refractivity (Wildman–Crippen MR) is 52.6 cm³/mol. The van der Waals surface area contributed by atoms with E-state index in [4.69, 9.17) is 34.7 Å². The topological polar surface area (TPSA) is 52.0 Å². The molecular weight excluding hydrogens is 195 g/mol. The first-order valence-corrected chi connectivity index (χ1v) is 4.04. The Labute approximate surface area is 80.1 Å². The molecule has 1 aromatic carbocycles. The van der Waals surface area contributed by atoms with Crippen LogP contribution in [0.2, 0.25) is 0 Å². The highest BCUT2D eigenvalue weighted by molar-refractivity contribution is 6.45. The second-order valence-corrected chi connectivity index (χ2v) is 3.06. The maximum Gasteiger partial charge on any atom is 0.107 e. The summed E-state index contributed by atoms with van der Waals surface area (Å²) in [5.41, 5.74) is 10.8. The Hall–Kier alpha value is -0.860. The van der Waals surface area contributed by atoms with Crippen LogP contribution in [0, 0.1) is 0 Å². The number of rotatable bonds is 0. The summed E-state index contributed by atoms with van der Waals surface area (Å²) in [6.45, 7) is 0. The molecule has 0 atom stereocenters. The third-order valence-corrected chi connectivity index (χ3v) is 1.85. The molecule has 1 aromatic rings. The Bertz CT molecular complexity index is 351. The lowest BCUT2D eigenvalue weighted by Gasteiger charge is -1.92. The summed E-state index contributed by atoms with van der Waals surface area (Å²) in [6, 6.07) is 7.14. The highest BCUT2D eigenvalue weighted by Crippen LogP contribution is 1.88. The van der Waals surface area contributed by atoms with E-state index >= 15 is 0 Å². The molecule has 0 bridgehead atoms. The predicted octanol–water partition coefficient (Wildman–Crippen LogP) is 0.213. The van der Waals surface area contributed by atoms with Gasteiger partial charge in [0.15, 0.2) is 0 Å². The number of hydrogen-bond acceptors (Lipinski definition) is 2. The van der Waals surface area contributed by atoms with Crippen molar-refractivity contribution in [3.8, 4) is 0 Å². The van der Waals surface area contributed by atoms with Gasteiger partial charge in [-0.1, -0.05) is 47.5 Å². The van der Waals surface area contributed by atoms with Crippen LogP contribution >= 0.6 is 23.2 Å². The first-order chi connectivity index (χ1) is 5.63. The van der Waals surface area contributed by atoms with Gasteiger partial charge < -0.3 is 11.5 Å². The molecule has 12 heavy (non-hydrogen) atoms. The summed E-state index contributed by atoms with van der Waals surface area (Å²) in [6.07, 6.45) is 0. The highest BCUT2D eigenvalue weighted by atomic mass is 35.5. The fraction of sp³-hybridized carbons (Fsp3) is 0. The summed E-state index contributed by atoms with van der Waals surface area (Å²) >= 11 is 11.2. The zero-order valence-corrected chi connectivity index (χ0v) is 7.73. The standard InChI is InChI=1S/C8H8Cl2N2/c9-7(11)5-3-1-2-4-6(5)8(10)12/h1-4H,11-12H2/b7-5-,8-6-. The van der Waals surface area contributed by atoms with Gasteiger partial charge in [0.1, 0.15) is 10.3 Å². The molecule has 0 unspecified atom stereocenters. The van der Waals surface area contributed by atoms with E-state index in [2.05, 4.69) is 0 Å². The summed E-state index contributed by atoms with van der Waals surface area (Å²) in [7, 11) is 0. The highest BCUT2D eigenvalue weighted by Gasteiger charge is 1.91. The largest absolute Gasteiger partial charge is 0.389 e. The van der Waals surface area contributed by atoms with Gasteiger partial charge in [0.05, 0.1) is 0 Å². The Balaban J connectivity index is 3.75. The molecule has 64 valence electrons. The molecule has 4 N–H and O–H groups in total. The number of nitrogens with two attached hydrogens (primary N) is 2. The van der Waals surface area contributed by atoms with Gasteiger partial charge in [-0.2, -0.15) is 0 Å². The number of hydrogen-bond donors (Lipinski definition) is 2. The molecule has 0 aliphatic carbocycles.